The van der Waals surface area contributed by atoms with Gasteiger partial charge in [-0.3, -0.25) is 9.69 Å². The molecule has 148 valence electrons. The van der Waals surface area contributed by atoms with E-state index in [9.17, 15) is 4.79 Å². The smallest absolute Gasteiger partial charge is 0.223 e. The molecule has 3 N–H and O–H groups in total. The lowest BCUT2D eigenvalue weighted by atomic mass is 10.0. The van der Waals surface area contributed by atoms with Gasteiger partial charge in [0.15, 0.2) is 0 Å². The minimum absolute atomic E-state index is 0. The Morgan fingerprint density at radius 3 is 2.65 bits per heavy atom. The van der Waals surface area contributed by atoms with Crippen molar-refractivity contribution in [3.63, 3.8) is 0 Å². The van der Waals surface area contributed by atoms with Gasteiger partial charge < -0.3 is 15.8 Å². The van der Waals surface area contributed by atoms with E-state index in [1.165, 1.54) is 0 Å². The van der Waals surface area contributed by atoms with E-state index in [0.717, 1.165) is 56.2 Å². The highest BCUT2D eigenvalue weighted by atomic mass is 35.5. The molecule has 0 spiro atoms. The van der Waals surface area contributed by atoms with Gasteiger partial charge in [0.1, 0.15) is 0 Å². The topological polar surface area (TPSA) is 67.6 Å². The molecule has 1 aromatic rings. The van der Waals surface area contributed by atoms with Crippen LogP contribution in [0.25, 0.3) is 0 Å². The van der Waals surface area contributed by atoms with Gasteiger partial charge in [-0.2, -0.15) is 0 Å². The first-order valence-electron chi connectivity index (χ1n) is 8.74. The van der Waals surface area contributed by atoms with Crippen molar-refractivity contribution in [2.45, 2.75) is 31.3 Å². The molecule has 1 heterocycles. The highest BCUT2D eigenvalue weighted by Gasteiger charge is 2.29. The molecule has 8 heteroatoms. The predicted molar refractivity (Wildman–Crippen MR) is 109 cm³/mol. The van der Waals surface area contributed by atoms with Crippen molar-refractivity contribution in [2.24, 2.45) is 11.7 Å². The fourth-order valence-electron chi connectivity index (χ4n) is 3.66. The van der Waals surface area contributed by atoms with E-state index in [0.29, 0.717) is 6.54 Å². The highest BCUT2D eigenvalue weighted by Crippen LogP contribution is 2.26. The zero-order valence-electron chi connectivity index (χ0n) is 14.7. The minimum atomic E-state index is 0. The summed E-state index contributed by atoms with van der Waals surface area (Å²) in [6.07, 6.45) is 2.64. The average molecular weight is 425 g/mol. The number of nitrogens with two attached hydrogens (primary N) is 1. The monoisotopic (exact) mass is 423 g/mol. The van der Waals surface area contributed by atoms with Crippen LogP contribution in [0.2, 0.25) is 5.02 Å². The average Bonchev–Trinajstić information content (AvgIpc) is 3.02. The lowest BCUT2D eigenvalue weighted by Crippen LogP contribution is -2.44. The van der Waals surface area contributed by atoms with E-state index in [2.05, 4.69) is 16.3 Å². The minimum Gasteiger partial charge on any atom is -0.379 e. The molecule has 0 aromatic heterocycles. The Kier molecular flexibility index (Phi) is 10.2. The molecule has 1 saturated heterocycles. The summed E-state index contributed by atoms with van der Waals surface area (Å²) >= 11 is 6.17. The van der Waals surface area contributed by atoms with Gasteiger partial charge in [-0.15, -0.1) is 24.8 Å². The van der Waals surface area contributed by atoms with Crippen LogP contribution in [0.3, 0.4) is 0 Å². The largest absolute Gasteiger partial charge is 0.379 e. The van der Waals surface area contributed by atoms with Crippen LogP contribution < -0.4 is 11.1 Å². The Labute approximate surface area is 172 Å². The Bertz CT molecular complexity index is 570. The van der Waals surface area contributed by atoms with Crippen molar-refractivity contribution < 1.29 is 9.53 Å². The second kappa shape index (κ2) is 11.3. The fraction of sp³-hybridized carbons (Fsp3) is 0.611. The first-order valence-corrected chi connectivity index (χ1v) is 9.12. The Balaban J connectivity index is 0.00000169. The number of benzene rings is 1. The number of nitrogens with zero attached hydrogens (tertiary/aromatic N) is 1. The molecule has 2 fully saturated rings. The van der Waals surface area contributed by atoms with Crippen LogP contribution in [0.1, 0.15) is 30.9 Å². The molecule has 3 rings (SSSR count). The molecule has 1 saturated carbocycles. The molecule has 3 atom stereocenters. The number of nitrogens with one attached hydrogen (secondary N) is 1. The third-order valence-corrected chi connectivity index (χ3v) is 5.27. The van der Waals surface area contributed by atoms with Gasteiger partial charge in [-0.05, 0) is 37.0 Å². The molecule has 3 unspecified atom stereocenters. The SMILES string of the molecule is Cl.Cl.NC1CCC(C(=O)NCC(c2cccc(Cl)c2)N2CCOCC2)C1. The first kappa shape index (κ1) is 23.5. The maximum atomic E-state index is 12.4. The van der Waals surface area contributed by atoms with Crippen LogP contribution in [-0.2, 0) is 9.53 Å². The third-order valence-electron chi connectivity index (χ3n) is 5.03. The summed E-state index contributed by atoms with van der Waals surface area (Å²) in [5, 5.41) is 3.86. The van der Waals surface area contributed by atoms with E-state index >= 15 is 0 Å². The van der Waals surface area contributed by atoms with Crippen molar-refractivity contribution in [3.05, 3.63) is 34.9 Å². The van der Waals surface area contributed by atoms with Gasteiger partial charge in [-0.25, -0.2) is 0 Å². The van der Waals surface area contributed by atoms with Gasteiger partial charge >= 0.3 is 0 Å². The lowest BCUT2D eigenvalue weighted by Gasteiger charge is -2.35. The summed E-state index contributed by atoms with van der Waals surface area (Å²) in [4.78, 5) is 14.8. The molecular weight excluding hydrogens is 397 g/mol. The van der Waals surface area contributed by atoms with E-state index in [1.54, 1.807) is 0 Å². The van der Waals surface area contributed by atoms with Crippen LogP contribution in [0, 0.1) is 5.92 Å². The van der Waals surface area contributed by atoms with Gasteiger partial charge in [0.2, 0.25) is 5.91 Å². The first-order chi connectivity index (χ1) is 11.6. The Morgan fingerprint density at radius 2 is 2.04 bits per heavy atom. The normalized spacial score (nSPS) is 24.2. The number of hydrogen-bond donors (Lipinski definition) is 2. The second-order valence-corrected chi connectivity index (χ2v) is 7.17. The quantitative estimate of drug-likeness (QED) is 0.763. The van der Waals surface area contributed by atoms with Gasteiger partial charge in [0.05, 0.1) is 19.3 Å². The summed E-state index contributed by atoms with van der Waals surface area (Å²) in [5.74, 6) is 0.188. The lowest BCUT2D eigenvalue weighted by molar-refractivity contribution is -0.125. The van der Waals surface area contributed by atoms with E-state index in [4.69, 9.17) is 22.1 Å². The van der Waals surface area contributed by atoms with Gasteiger partial charge in [-0.1, -0.05) is 23.7 Å². The van der Waals surface area contributed by atoms with Crippen molar-refractivity contribution in [3.8, 4) is 0 Å². The zero-order chi connectivity index (χ0) is 16.9. The van der Waals surface area contributed by atoms with E-state index in [-0.39, 0.29) is 48.7 Å². The molecule has 2 aliphatic rings. The number of halogens is 3. The summed E-state index contributed by atoms with van der Waals surface area (Å²) < 4.78 is 5.46. The standard InChI is InChI=1S/C18H26ClN3O2.2ClH/c19-15-3-1-2-13(10-15)17(22-6-8-24-9-7-22)12-21-18(23)14-4-5-16(20)11-14;;/h1-3,10,14,16-17H,4-9,11-12,20H2,(H,21,23);2*1H. The Morgan fingerprint density at radius 1 is 1.31 bits per heavy atom. The molecule has 1 aliphatic heterocycles. The molecule has 0 radical (unpaired) electrons. The van der Waals surface area contributed by atoms with Crippen molar-refractivity contribution in [1.29, 1.82) is 0 Å². The third kappa shape index (κ3) is 6.25. The molecule has 1 amide bonds. The maximum Gasteiger partial charge on any atom is 0.223 e. The molecule has 26 heavy (non-hydrogen) atoms. The molecule has 1 aromatic carbocycles. The maximum absolute atomic E-state index is 12.4. The molecule has 5 nitrogen and oxygen atoms in total. The zero-order valence-corrected chi connectivity index (χ0v) is 17.1. The summed E-state index contributed by atoms with van der Waals surface area (Å²) in [7, 11) is 0. The van der Waals surface area contributed by atoms with Crippen LogP contribution in [0.4, 0.5) is 0 Å². The number of amides is 1. The van der Waals surface area contributed by atoms with E-state index in [1.807, 2.05) is 18.2 Å². The van der Waals surface area contributed by atoms with Crippen LogP contribution in [0.5, 0.6) is 0 Å². The van der Waals surface area contributed by atoms with Crippen molar-refractivity contribution >= 4 is 42.3 Å². The summed E-state index contributed by atoms with van der Waals surface area (Å²) in [6, 6.07) is 8.18. The van der Waals surface area contributed by atoms with Gasteiger partial charge in [0.25, 0.3) is 0 Å². The number of carbonyl (C=O) groups excluding carboxylic acids is 1. The highest BCUT2D eigenvalue weighted by molar-refractivity contribution is 6.30. The number of carbonyl (C=O) groups is 1. The van der Waals surface area contributed by atoms with Crippen LogP contribution in [-0.4, -0.2) is 49.7 Å². The summed E-state index contributed by atoms with van der Waals surface area (Å²) in [6.45, 7) is 3.76. The Hall–Kier alpha value is -0.560. The molecule has 1 aliphatic carbocycles. The van der Waals surface area contributed by atoms with Crippen molar-refractivity contribution in [2.75, 3.05) is 32.8 Å². The number of ether oxygens (including phenoxy) is 1. The number of hydrogen-bond acceptors (Lipinski definition) is 4. The van der Waals surface area contributed by atoms with E-state index < -0.39 is 0 Å². The summed E-state index contributed by atoms with van der Waals surface area (Å²) in [5.41, 5.74) is 7.06. The second-order valence-electron chi connectivity index (χ2n) is 6.73. The predicted octanol–water partition coefficient (Wildman–Crippen LogP) is 2.80. The van der Waals surface area contributed by atoms with Crippen LogP contribution in [0.15, 0.2) is 24.3 Å². The number of rotatable bonds is 5. The molecule has 0 bridgehead atoms. The molecular formula is C18H28Cl3N3O2. The fourth-order valence-corrected chi connectivity index (χ4v) is 3.86. The van der Waals surface area contributed by atoms with Crippen LogP contribution >= 0.6 is 36.4 Å². The van der Waals surface area contributed by atoms with Gasteiger partial charge in [0, 0.05) is 36.6 Å². The van der Waals surface area contributed by atoms with Crippen molar-refractivity contribution in [1.82, 2.24) is 10.2 Å². The number of morpholine rings is 1.